The zero-order valence-corrected chi connectivity index (χ0v) is 10.8. The van der Waals surface area contributed by atoms with E-state index >= 15 is 0 Å². The number of amides is 1. The molecule has 1 N–H and O–H groups in total. The number of hydrogen-bond acceptors (Lipinski definition) is 1. The lowest BCUT2D eigenvalue weighted by molar-refractivity contribution is 0.0934. The second kappa shape index (κ2) is 5.54. The van der Waals surface area contributed by atoms with Crippen LogP contribution in [0.15, 0.2) is 48.7 Å². The molecule has 0 radical (unpaired) electrons. The fraction of sp³-hybridized carbons (Fsp3) is 0.267. The van der Waals surface area contributed by atoms with Crippen LogP contribution in [-0.4, -0.2) is 16.5 Å². The molecule has 0 unspecified atom stereocenters. The largest absolute Gasteiger partial charge is 0.349 e. The molecule has 0 aliphatic rings. The smallest absolute Gasteiger partial charge is 0.268 e. The second-order valence-electron chi connectivity index (χ2n) is 4.64. The maximum absolute atomic E-state index is 12.0. The first-order valence-corrected chi connectivity index (χ1v) is 6.17. The van der Waals surface area contributed by atoms with Crippen molar-refractivity contribution < 1.29 is 4.79 Å². The average Bonchev–Trinajstić information content (AvgIpc) is 2.77. The molecule has 1 heterocycles. The van der Waals surface area contributed by atoms with E-state index in [-0.39, 0.29) is 11.9 Å². The molecule has 0 saturated heterocycles. The third-order valence-electron chi connectivity index (χ3n) is 2.68. The zero-order valence-electron chi connectivity index (χ0n) is 10.8. The summed E-state index contributed by atoms with van der Waals surface area (Å²) in [5.74, 6) is -0.0223. The van der Waals surface area contributed by atoms with E-state index in [2.05, 4.69) is 17.4 Å². The van der Waals surface area contributed by atoms with Crippen LogP contribution in [0, 0.1) is 0 Å². The molecule has 3 heteroatoms. The predicted octanol–water partition coefficient (Wildman–Crippen LogP) is 2.67. The molecule has 3 nitrogen and oxygen atoms in total. The molecular weight excluding hydrogens is 224 g/mol. The van der Waals surface area contributed by atoms with Crippen molar-refractivity contribution in [2.24, 2.45) is 0 Å². The van der Waals surface area contributed by atoms with Gasteiger partial charge in [0, 0.05) is 18.8 Å². The monoisotopic (exact) mass is 242 g/mol. The van der Waals surface area contributed by atoms with Crippen LogP contribution in [0.2, 0.25) is 0 Å². The van der Waals surface area contributed by atoms with Crippen molar-refractivity contribution in [1.82, 2.24) is 9.88 Å². The van der Waals surface area contributed by atoms with Crippen molar-refractivity contribution >= 4 is 5.91 Å². The fourth-order valence-corrected chi connectivity index (χ4v) is 1.87. The van der Waals surface area contributed by atoms with E-state index in [0.717, 1.165) is 0 Å². The lowest BCUT2D eigenvalue weighted by atomic mass is 10.2. The van der Waals surface area contributed by atoms with Gasteiger partial charge in [-0.3, -0.25) is 4.79 Å². The Morgan fingerprint density at radius 1 is 1.17 bits per heavy atom. The molecular formula is C15H18N2O. The van der Waals surface area contributed by atoms with Gasteiger partial charge < -0.3 is 9.88 Å². The van der Waals surface area contributed by atoms with Crippen molar-refractivity contribution in [3.63, 3.8) is 0 Å². The van der Waals surface area contributed by atoms with E-state index in [1.807, 2.05) is 54.9 Å². The van der Waals surface area contributed by atoms with E-state index in [9.17, 15) is 4.79 Å². The number of rotatable bonds is 4. The topological polar surface area (TPSA) is 34.0 Å². The molecule has 1 aromatic carbocycles. The number of carbonyl (C=O) groups excluding carboxylic acids is 1. The van der Waals surface area contributed by atoms with Crippen LogP contribution in [-0.2, 0) is 6.54 Å². The standard InChI is InChI=1S/C15H18N2O/c1-12(2)16-15(18)14-9-6-10-17(14)11-13-7-4-3-5-8-13/h3-10,12H,11H2,1-2H3,(H,16,18). The first-order chi connectivity index (χ1) is 8.66. The lowest BCUT2D eigenvalue weighted by Gasteiger charge is -2.11. The number of nitrogens with one attached hydrogen (secondary N) is 1. The van der Waals surface area contributed by atoms with Gasteiger partial charge in [-0.1, -0.05) is 30.3 Å². The van der Waals surface area contributed by atoms with Crippen LogP contribution in [0.4, 0.5) is 0 Å². The molecule has 0 atom stereocenters. The highest BCUT2D eigenvalue weighted by atomic mass is 16.2. The summed E-state index contributed by atoms with van der Waals surface area (Å²) in [5.41, 5.74) is 1.89. The SMILES string of the molecule is CC(C)NC(=O)c1cccn1Cc1ccccc1. The van der Waals surface area contributed by atoms with Crippen molar-refractivity contribution in [1.29, 1.82) is 0 Å². The highest BCUT2D eigenvalue weighted by Gasteiger charge is 2.11. The molecule has 2 rings (SSSR count). The van der Waals surface area contributed by atoms with Gasteiger partial charge >= 0.3 is 0 Å². The summed E-state index contributed by atoms with van der Waals surface area (Å²) < 4.78 is 1.97. The summed E-state index contributed by atoms with van der Waals surface area (Å²) in [7, 11) is 0. The molecule has 0 saturated carbocycles. The normalized spacial score (nSPS) is 10.6. The van der Waals surface area contributed by atoms with Crippen LogP contribution in [0.1, 0.15) is 29.9 Å². The Balaban J connectivity index is 2.15. The van der Waals surface area contributed by atoms with Gasteiger partial charge in [-0.15, -0.1) is 0 Å². The maximum Gasteiger partial charge on any atom is 0.268 e. The molecule has 18 heavy (non-hydrogen) atoms. The summed E-state index contributed by atoms with van der Waals surface area (Å²) >= 11 is 0. The Hall–Kier alpha value is -2.03. The predicted molar refractivity (Wildman–Crippen MR) is 72.6 cm³/mol. The molecule has 94 valence electrons. The van der Waals surface area contributed by atoms with E-state index in [1.165, 1.54) is 5.56 Å². The third kappa shape index (κ3) is 3.00. The van der Waals surface area contributed by atoms with Crippen molar-refractivity contribution in [2.75, 3.05) is 0 Å². The van der Waals surface area contributed by atoms with Crippen LogP contribution in [0.5, 0.6) is 0 Å². The molecule has 1 amide bonds. The highest BCUT2D eigenvalue weighted by Crippen LogP contribution is 2.08. The Morgan fingerprint density at radius 3 is 2.56 bits per heavy atom. The number of nitrogens with zero attached hydrogens (tertiary/aromatic N) is 1. The summed E-state index contributed by atoms with van der Waals surface area (Å²) in [6.07, 6.45) is 1.93. The number of benzene rings is 1. The summed E-state index contributed by atoms with van der Waals surface area (Å²) in [6, 6.07) is 14.0. The molecule has 0 spiro atoms. The van der Waals surface area contributed by atoms with Gasteiger partial charge in [-0.25, -0.2) is 0 Å². The van der Waals surface area contributed by atoms with Gasteiger partial charge in [0.1, 0.15) is 5.69 Å². The molecule has 2 aromatic rings. The minimum atomic E-state index is -0.0223. The fourth-order valence-electron chi connectivity index (χ4n) is 1.87. The Bertz CT molecular complexity index is 514. The average molecular weight is 242 g/mol. The van der Waals surface area contributed by atoms with Gasteiger partial charge in [-0.2, -0.15) is 0 Å². The lowest BCUT2D eigenvalue weighted by Crippen LogP contribution is -2.31. The summed E-state index contributed by atoms with van der Waals surface area (Å²) in [6.45, 7) is 4.64. The van der Waals surface area contributed by atoms with Crippen molar-refractivity contribution in [3.05, 3.63) is 59.9 Å². The Labute approximate surface area is 107 Å². The second-order valence-corrected chi connectivity index (χ2v) is 4.64. The van der Waals surface area contributed by atoms with E-state index in [4.69, 9.17) is 0 Å². The number of hydrogen-bond donors (Lipinski definition) is 1. The molecule has 1 aromatic heterocycles. The molecule has 0 bridgehead atoms. The first kappa shape index (κ1) is 12.4. The first-order valence-electron chi connectivity index (χ1n) is 6.17. The van der Waals surface area contributed by atoms with Gasteiger partial charge in [-0.05, 0) is 31.5 Å². The van der Waals surface area contributed by atoms with Crippen molar-refractivity contribution in [3.8, 4) is 0 Å². The van der Waals surface area contributed by atoms with Gasteiger partial charge in [0.05, 0.1) is 0 Å². The molecule has 0 aliphatic carbocycles. The highest BCUT2D eigenvalue weighted by molar-refractivity contribution is 5.92. The van der Waals surface area contributed by atoms with Crippen LogP contribution in [0.3, 0.4) is 0 Å². The zero-order chi connectivity index (χ0) is 13.0. The van der Waals surface area contributed by atoms with Crippen LogP contribution < -0.4 is 5.32 Å². The van der Waals surface area contributed by atoms with Gasteiger partial charge in [0.2, 0.25) is 0 Å². The Kier molecular flexibility index (Phi) is 3.82. The number of carbonyl (C=O) groups is 1. The van der Waals surface area contributed by atoms with E-state index < -0.39 is 0 Å². The number of aromatic nitrogens is 1. The minimum absolute atomic E-state index is 0.0223. The molecule has 0 aliphatic heterocycles. The van der Waals surface area contributed by atoms with Gasteiger partial charge in [0.25, 0.3) is 5.91 Å². The summed E-state index contributed by atoms with van der Waals surface area (Å²) in [4.78, 5) is 12.0. The molecule has 0 fully saturated rings. The quantitative estimate of drug-likeness (QED) is 0.878. The Morgan fingerprint density at radius 2 is 1.89 bits per heavy atom. The van der Waals surface area contributed by atoms with Crippen LogP contribution >= 0.6 is 0 Å². The van der Waals surface area contributed by atoms with E-state index in [0.29, 0.717) is 12.2 Å². The third-order valence-corrected chi connectivity index (χ3v) is 2.68. The van der Waals surface area contributed by atoms with Crippen molar-refractivity contribution in [2.45, 2.75) is 26.4 Å². The minimum Gasteiger partial charge on any atom is -0.349 e. The van der Waals surface area contributed by atoms with Gasteiger partial charge in [0.15, 0.2) is 0 Å². The van der Waals surface area contributed by atoms with Crippen LogP contribution in [0.25, 0.3) is 0 Å². The summed E-state index contributed by atoms with van der Waals surface area (Å²) in [5, 5.41) is 2.91. The maximum atomic E-state index is 12.0. The van der Waals surface area contributed by atoms with E-state index in [1.54, 1.807) is 0 Å².